The summed E-state index contributed by atoms with van der Waals surface area (Å²) in [6.07, 6.45) is 0. The van der Waals surface area contributed by atoms with E-state index in [4.69, 9.17) is 10.2 Å². The summed E-state index contributed by atoms with van der Waals surface area (Å²) in [6.45, 7) is 2.49. The average molecular weight is 184 g/mol. The second kappa shape index (κ2) is 5.77. The molecule has 0 bridgehead atoms. The monoisotopic (exact) mass is 184 g/mol. The van der Waals surface area contributed by atoms with Crippen molar-refractivity contribution in [1.29, 1.82) is 0 Å². The third-order valence-corrected chi connectivity index (χ3v) is 0.988. The molecule has 0 fully saturated rings. The van der Waals surface area contributed by atoms with Crippen LogP contribution in [-0.4, -0.2) is 16.2 Å². The number of carbonyl (C=O) groups is 1. The molecule has 0 amide bonds. The molecule has 0 heterocycles. The minimum Gasteiger partial charge on any atom is -0.508 e. The molecule has 0 unspecified atom stereocenters. The summed E-state index contributed by atoms with van der Waals surface area (Å²) in [5.41, 5.74) is 0. The predicted octanol–water partition coefficient (Wildman–Crippen LogP) is 1.95. The highest BCUT2D eigenvalue weighted by atomic mass is 19.1. The summed E-state index contributed by atoms with van der Waals surface area (Å²) < 4.78 is 11.0. The van der Waals surface area contributed by atoms with Crippen molar-refractivity contribution >= 4 is 5.97 Å². The van der Waals surface area contributed by atoms with E-state index in [1.165, 1.54) is 0 Å². The van der Waals surface area contributed by atoms with Crippen LogP contribution in [0.5, 0.6) is 5.75 Å². The Labute approximate surface area is 74.8 Å². The van der Waals surface area contributed by atoms with Crippen LogP contribution in [0.3, 0.4) is 0 Å². The van der Waals surface area contributed by atoms with Gasteiger partial charge < -0.3 is 10.2 Å². The van der Waals surface area contributed by atoms with Gasteiger partial charge in [0.25, 0.3) is 0 Å². The van der Waals surface area contributed by atoms with Gasteiger partial charge in [0, 0.05) is 0 Å². The molecule has 2 N–H and O–H groups in total. The lowest BCUT2D eigenvalue weighted by Crippen LogP contribution is -1.90. The largest absolute Gasteiger partial charge is 0.508 e. The van der Waals surface area contributed by atoms with Crippen LogP contribution in [0.1, 0.15) is 0 Å². The molecule has 0 aliphatic heterocycles. The number of carboxylic acids is 1. The van der Waals surface area contributed by atoms with Crippen LogP contribution in [-0.2, 0) is 4.79 Å². The van der Waals surface area contributed by atoms with Crippen LogP contribution in [0.15, 0.2) is 42.7 Å². The molecule has 13 heavy (non-hydrogen) atoms. The highest BCUT2D eigenvalue weighted by Gasteiger charge is 1.96. The van der Waals surface area contributed by atoms with Crippen molar-refractivity contribution in [2.75, 3.05) is 0 Å². The van der Waals surface area contributed by atoms with Gasteiger partial charge in [0.2, 0.25) is 5.83 Å². The zero-order valence-electron chi connectivity index (χ0n) is 6.77. The first-order chi connectivity index (χ1) is 6.04. The number of aromatic hydroxyl groups is 1. The van der Waals surface area contributed by atoms with Crippen molar-refractivity contribution in [1.82, 2.24) is 0 Å². The zero-order chi connectivity index (χ0) is 10.3. The molecule has 0 saturated heterocycles. The Kier molecular flexibility index (Phi) is 4.95. The van der Waals surface area contributed by atoms with E-state index in [2.05, 4.69) is 6.58 Å². The maximum absolute atomic E-state index is 11.0. The predicted molar refractivity (Wildman–Crippen MR) is 46.0 cm³/mol. The van der Waals surface area contributed by atoms with Crippen LogP contribution in [0, 0.1) is 0 Å². The first kappa shape index (κ1) is 11.2. The fraction of sp³-hybridized carbons (Fsp3) is 0. The second-order valence-corrected chi connectivity index (χ2v) is 2.05. The van der Waals surface area contributed by atoms with E-state index in [1.807, 2.05) is 6.07 Å². The van der Waals surface area contributed by atoms with Crippen LogP contribution >= 0.6 is 0 Å². The van der Waals surface area contributed by atoms with E-state index in [-0.39, 0.29) is 0 Å². The van der Waals surface area contributed by atoms with Crippen LogP contribution in [0.2, 0.25) is 0 Å². The SMILES string of the molecule is C=C(F)C(=O)O.Oc1ccccc1. The smallest absolute Gasteiger partial charge is 0.364 e. The molecule has 0 aromatic heterocycles. The van der Waals surface area contributed by atoms with E-state index in [0.717, 1.165) is 0 Å². The van der Waals surface area contributed by atoms with Gasteiger partial charge in [-0.25, -0.2) is 4.79 Å². The maximum atomic E-state index is 11.0. The Morgan fingerprint density at radius 3 is 1.85 bits per heavy atom. The highest BCUT2D eigenvalue weighted by Crippen LogP contribution is 2.02. The third-order valence-electron chi connectivity index (χ3n) is 0.988. The fourth-order valence-electron chi connectivity index (χ4n) is 0.428. The number of halogens is 1. The molecule has 0 radical (unpaired) electrons. The Morgan fingerprint density at radius 1 is 1.31 bits per heavy atom. The summed E-state index contributed by atoms with van der Waals surface area (Å²) in [5.74, 6) is -2.60. The molecule has 70 valence electrons. The summed E-state index contributed by atoms with van der Waals surface area (Å²) in [5, 5.41) is 16.1. The van der Waals surface area contributed by atoms with Crippen LogP contribution < -0.4 is 0 Å². The minimum atomic E-state index is -1.60. The van der Waals surface area contributed by atoms with Gasteiger partial charge in [-0.2, -0.15) is 4.39 Å². The van der Waals surface area contributed by atoms with Gasteiger partial charge in [0.1, 0.15) is 5.75 Å². The number of aliphatic carboxylic acids is 1. The first-order valence-electron chi connectivity index (χ1n) is 3.35. The maximum Gasteiger partial charge on any atom is 0.364 e. The average Bonchev–Trinajstić information content (AvgIpc) is 2.06. The minimum absolute atomic E-state index is 0.322. The summed E-state index contributed by atoms with van der Waals surface area (Å²) in [6, 6.07) is 8.71. The normalized spacial score (nSPS) is 8.08. The summed E-state index contributed by atoms with van der Waals surface area (Å²) in [4.78, 5) is 9.22. The van der Waals surface area contributed by atoms with E-state index in [9.17, 15) is 9.18 Å². The van der Waals surface area contributed by atoms with Gasteiger partial charge >= 0.3 is 5.97 Å². The molecule has 0 saturated carbocycles. The second-order valence-electron chi connectivity index (χ2n) is 2.05. The number of rotatable bonds is 1. The molecule has 0 spiro atoms. The Balaban J connectivity index is 0.000000226. The lowest BCUT2D eigenvalue weighted by atomic mass is 10.3. The molecule has 0 aliphatic carbocycles. The van der Waals surface area contributed by atoms with Crippen molar-refractivity contribution < 1.29 is 19.4 Å². The standard InChI is InChI=1S/C6H6O.C3H3FO2/c7-6-4-2-1-3-5-6;1-2(4)3(5)6/h1-5,7H;1H2,(H,5,6). The Bertz CT molecular complexity index is 270. The number of hydrogen-bond donors (Lipinski definition) is 2. The topological polar surface area (TPSA) is 57.5 Å². The van der Waals surface area contributed by atoms with Gasteiger partial charge in [-0.15, -0.1) is 0 Å². The lowest BCUT2D eigenvalue weighted by molar-refractivity contribution is -0.134. The van der Waals surface area contributed by atoms with Gasteiger partial charge in [-0.1, -0.05) is 24.8 Å². The van der Waals surface area contributed by atoms with E-state index >= 15 is 0 Å². The molecule has 1 rings (SSSR count). The first-order valence-corrected chi connectivity index (χ1v) is 3.35. The molecule has 1 aromatic carbocycles. The number of para-hydroxylation sites is 1. The van der Waals surface area contributed by atoms with Crippen LogP contribution in [0.4, 0.5) is 4.39 Å². The van der Waals surface area contributed by atoms with Crippen molar-refractivity contribution in [3.63, 3.8) is 0 Å². The third kappa shape index (κ3) is 6.55. The fourth-order valence-corrected chi connectivity index (χ4v) is 0.428. The molecule has 0 aliphatic rings. The Morgan fingerprint density at radius 2 is 1.69 bits per heavy atom. The number of hydrogen-bond acceptors (Lipinski definition) is 2. The number of phenols is 1. The van der Waals surface area contributed by atoms with E-state index in [1.54, 1.807) is 24.3 Å². The lowest BCUT2D eigenvalue weighted by Gasteiger charge is -1.82. The molecular formula is C9H9FO3. The van der Waals surface area contributed by atoms with Gasteiger partial charge in [-0.3, -0.25) is 0 Å². The molecule has 0 atom stereocenters. The van der Waals surface area contributed by atoms with Crippen molar-refractivity contribution in [3.8, 4) is 5.75 Å². The van der Waals surface area contributed by atoms with E-state index in [0.29, 0.717) is 5.75 Å². The molecule has 1 aromatic rings. The number of benzene rings is 1. The Hall–Kier alpha value is -1.84. The van der Waals surface area contributed by atoms with Crippen LogP contribution in [0.25, 0.3) is 0 Å². The van der Waals surface area contributed by atoms with Crippen molar-refractivity contribution in [2.24, 2.45) is 0 Å². The van der Waals surface area contributed by atoms with E-state index < -0.39 is 11.8 Å². The van der Waals surface area contributed by atoms with Gasteiger partial charge in [0.15, 0.2) is 0 Å². The summed E-state index contributed by atoms with van der Waals surface area (Å²) in [7, 11) is 0. The van der Waals surface area contributed by atoms with Crippen molar-refractivity contribution in [2.45, 2.75) is 0 Å². The highest BCUT2D eigenvalue weighted by molar-refractivity contribution is 5.82. The quantitative estimate of drug-likeness (QED) is 0.656. The number of phenolic OH excluding ortho intramolecular Hbond substituents is 1. The zero-order valence-corrected chi connectivity index (χ0v) is 6.77. The summed E-state index contributed by atoms with van der Waals surface area (Å²) >= 11 is 0. The van der Waals surface area contributed by atoms with Gasteiger partial charge in [0.05, 0.1) is 0 Å². The number of carboxylic acid groups (broad SMARTS) is 1. The van der Waals surface area contributed by atoms with Gasteiger partial charge in [-0.05, 0) is 12.1 Å². The molecular weight excluding hydrogens is 175 g/mol. The molecule has 3 nitrogen and oxygen atoms in total. The molecule has 4 heteroatoms. The van der Waals surface area contributed by atoms with Crippen molar-refractivity contribution in [3.05, 3.63) is 42.7 Å².